The van der Waals surface area contributed by atoms with Crippen molar-refractivity contribution in [2.45, 2.75) is 0 Å². The van der Waals surface area contributed by atoms with E-state index in [0.29, 0.717) is 0 Å². The topological polar surface area (TPSA) is 8.17 Å². The van der Waals surface area contributed by atoms with Gasteiger partial charge in [-0.3, -0.25) is 0 Å². The van der Waals surface area contributed by atoms with Crippen molar-refractivity contribution >= 4 is 71.2 Å². The molecule has 0 amide bonds. The SMILES string of the molecule is [2H]c1c([2H])c([2H])c(-n2c3ccccc3c3ccc(N(c4ccccc4)c4ccc5c6ccccc6c6ccccc6c5c4)cc32)c([2H])c1[2H]. The molecule has 0 bridgehead atoms. The predicted octanol–water partition coefficient (Wildman–Crippen LogP) is 11.7. The van der Waals surface area contributed by atoms with Gasteiger partial charge in [0, 0.05) is 33.5 Å². The standard InChI is InChI=1S/C42H28N2/c1-3-13-29(14-4-1)43(31-23-25-37-35-19-8-7-17-33(35)34-18-9-10-20-36(34)40(37)27-31)32-24-26-39-38-21-11-12-22-41(38)44(42(39)28-32)30-15-5-2-6-16-30/h1-28H/i2D,5D,6D,15D,16D. The van der Waals surface area contributed by atoms with Gasteiger partial charge < -0.3 is 9.47 Å². The van der Waals surface area contributed by atoms with Crippen molar-refractivity contribution in [3.05, 3.63) is 170 Å². The quantitative estimate of drug-likeness (QED) is 0.193. The summed E-state index contributed by atoms with van der Waals surface area (Å²) in [7, 11) is 0. The van der Waals surface area contributed by atoms with Crippen LogP contribution in [-0.2, 0) is 0 Å². The van der Waals surface area contributed by atoms with Gasteiger partial charge in [-0.15, -0.1) is 0 Å². The third-order valence-corrected chi connectivity index (χ3v) is 8.63. The van der Waals surface area contributed by atoms with Gasteiger partial charge in [0.15, 0.2) is 0 Å². The number of aromatic nitrogens is 1. The predicted molar refractivity (Wildman–Crippen MR) is 188 cm³/mol. The molecule has 0 aliphatic rings. The number of anilines is 3. The summed E-state index contributed by atoms with van der Waals surface area (Å²) in [5.74, 6) is 0. The van der Waals surface area contributed by atoms with Crippen molar-refractivity contribution in [2.24, 2.45) is 0 Å². The molecule has 1 aromatic heterocycles. The molecule has 0 fully saturated rings. The highest BCUT2D eigenvalue weighted by atomic mass is 15.1. The minimum absolute atomic E-state index is 0.129. The van der Waals surface area contributed by atoms with E-state index in [-0.39, 0.29) is 29.9 Å². The van der Waals surface area contributed by atoms with Gasteiger partial charge in [0.1, 0.15) is 0 Å². The molecule has 2 heteroatoms. The maximum atomic E-state index is 8.87. The second kappa shape index (κ2) is 9.86. The average molecular weight is 566 g/mol. The molecule has 0 saturated carbocycles. The van der Waals surface area contributed by atoms with Crippen LogP contribution in [0.5, 0.6) is 0 Å². The molecular formula is C42H28N2. The van der Waals surface area contributed by atoms with E-state index in [2.05, 4.69) is 102 Å². The summed E-state index contributed by atoms with van der Waals surface area (Å²) in [6.45, 7) is 0. The van der Waals surface area contributed by atoms with Gasteiger partial charge in [0.25, 0.3) is 0 Å². The molecule has 44 heavy (non-hydrogen) atoms. The third-order valence-electron chi connectivity index (χ3n) is 8.63. The van der Waals surface area contributed by atoms with Gasteiger partial charge >= 0.3 is 0 Å². The summed E-state index contributed by atoms with van der Waals surface area (Å²) in [4.78, 5) is 2.22. The zero-order chi connectivity index (χ0) is 33.4. The lowest BCUT2D eigenvalue weighted by atomic mass is 9.94. The molecule has 0 radical (unpaired) electrons. The van der Waals surface area contributed by atoms with Crippen molar-refractivity contribution in [3.8, 4) is 5.69 Å². The van der Waals surface area contributed by atoms with E-state index in [4.69, 9.17) is 6.85 Å². The molecule has 2 nitrogen and oxygen atoms in total. The maximum absolute atomic E-state index is 8.87. The minimum Gasteiger partial charge on any atom is -0.310 e. The molecule has 0 N–H and O–H groups in total. The first-order chi connectivity index (χ1) is 23.9. The molecule has 0 spiro atoms. The lowest BCUT2D eigenvalue weighted by Gasteiger charge is -2.26. The van der Waals surface area contributed by atoms with Crippen LogP contribution in [0.25, 0.3) is 59.8 Å². The molecule has 206 valence electrons. The fraction of sp³-hybridized carbons (Fsp3) is 0. The van der Waals surface area contributed by atoms with Gasteiger partial charge in [-0.25, -0.2) is 0 Å². The average Bonchev–Trinajstić information content (AvgIpc) is 3.47. The van der Waals surface area contributed by atoms with Gasteiger partial charge in [-0.1, -0.05) is 115 Å². The molecule has 1 heterocycles. The molecular weight excluding hydrogens is 532 g/mol. The lowest BCUT2D eigenvalue weighted by molar-refractivity contribution is 1.18. The van der Waals surface area contributed by atoms with E-state index >= 15 is 0 Å². The van der Waals surface area contributed by atoms with Gasteiger partial charge in [0.2, 0.25) is 0 Å². The molecule has 9 aromatic rings. The zero-order valence-electron chi connectivity index (χ0n) is 28.7. The zero-order valence-corrected chi connectivity index (χ0v) is 23.7. The number of benzene rings is 8. The highest BCUT2D eigenvalue weighted by Gasteiger charge is 2.18. The summed E-state index contributed by atoms with van der Waals surface area (Å²) in [5.41, 5.74) is 4.46. The largest absolute Gasteiger partial charge is 0.310 e. The van der Waals surface area contributed by atoms with Gasteiger partial charge in [-0.05, 0) is 86.9 Å². The van der Waals surface area contributed by atoms with Crippen LogP contribution in [0.15, 0.2) is 170 Å². The van der Waals surface area contributed by atoms with Crippen LogP contribution in [0.3, 0.4) is 0 Å². The molecule has 0 saturated heterocycles. The number of hydrogen-bond donors (Lipinski definition) is 0. The Balaban J connectivity index is 1.35. The monoisotopic (exact) mass is 565 g/mol. The Kier molecular flexibility index (Phi) is 4.51. The Morgan fingerprint density at radius 1 is 0.386 bits per heavy atom. The summed E-state index contributed by atoms with van der Waals surface area (Å²) in [5, 5.41) is 9.02. The van der Waals surface area contributed by atoms with Crippen LogP contribution in [-0.4, -0.2) is 4.57 Å². The van der Waals surface area contributed by atoms with Gasteiger partial charge in [-0.2, -0.15) is 0 Å². The van der Waals surface area contributed by atoms with Crippen LogP contribution in [0, 0.1) is 0 Å². The first kappa shape index (κ1) is 20.1. The van der Waals surface area contributed by atoms with Gasteiger partial charge in [0.05, 0.1) is 17.9 Å². The molecule has 8 aromatic carbocycles. The minimum atomic E-state index is -0.410. The summed E-state index contributed by atoms with van der Waals surface area (Å²) in [6, 6.07) is 46.3. The number of rotatable bonds is 4. The van der Waals surface area contributed by atoms with Crippen LogP contribution >= 0.6 is 0 Å². The second-order valence-electron chi connectivity index (χ2n) is 11.0. The molecule has 0 aliphatic carbocycles. The molecule has 0 unspecified atom stereocenters. The van der Waals surface area contributed by atoms with Crippen molar-refractivity contribution in [3.63, 3.8) is 0 Å². The number of para-hydroxylation sites is 3. The number of nitrogens with zero attached hydrogens (tertiary/aromatic N) is 2. The van der Waals surface area contributed by atoms with Crippen molar-refractivity contribution < 1.29 is 6.85 Å². The Hall–Kier alpha value is -5.86. The highest BCUT2D eigenvalue weighted by Crippen LogP contribution is 2.42. The Labute approximate surface area is 262 Å². The van der Waals surface area contributed by atoms with E-state index in [1.54, 1.807) is 0 Å². The Bertz CT molecular complexity index is 2720. The molecule has 9 rings (SSSR count). The number of hydrogen-bond acceptors (Lipinski definition) is 1. The van der Waals surface area contributed by atoms with Crippen LogP contribution in [0.2, 0.25) is 0 Å². The molecule has 0 atom stereocenters. The van der Waals surface area contributed by atoms with Crippen LogP contribution < -0.4 is 4.90 Å². The Morgan fingerprint density at radius 2 is 0.886 bits per heavy atom. The first-order valence-corrected chi connectivity index (χ1v) is 14.7. The van der Waals surface area contributed by atoms with Crippen LogP contribution in [0.1, 0.15) is 6.85 Å². The van der Waals surface area contributed by atoms with E-state index < -0.39 is 6.04 Å². The van der Waals surface area contributed by atoms with E-state index in [1.807, 2.05) is 47.0 Å². The van der Waals surface area contributed by atoms with E-state index in [1.165, 1.54) is 26.9 Å². The maximum Gasteiger partial charge on any atom is 0.0645 e. The third kappa shape index (κ3) is 3.75. The van der Waals surface area contributed by atoms with E-state index in [0.717, 1.165) is 44.3 Å². The summed E-state index contributed by atoms with van der Waals surface area (Å²) >= 11 is 0. The van der Waals surface area contributed by atoms with Crippen molar-refractivity contribution in [1.29, 1.82) is 0 Å². The van der Waals surface area contributed by atoms with Crippen molar-refractivity contribution in [1.82, 2.24) is 4.57 Å². The Morgan fingerprint density at radius 3 is 1.57 bits per heavy atom. The normalized spacial score (nSPS) is 13.2. The first-order valence-electron chi connectivity index (χ1n) is 17.2. The molecule has 0 aliphatic heterocycles. The number of fused-ring (bicyclic) bond motifs is 9. The smallest absolute Gasteiger partial charge is 0.0645 e. The second-order valence-corrected chi connectivity index (χ2v) is 11.0. The summed E-state index contributed by atoms with van der Waals surface area (Å²) in [6.07, 6.45) is 0. The summed E-state index contributed by atoms with van der Waals surface area (Å²) < 4.78 is 44.6. The van der Waals surface area contributed by atoms with E-state index in [9.17, 15) is 0 Å². The fourth-order valence-corrected chi connectivity index (χ4v) is 6.75. The van der Waals surface area contributed by atoms with Crippen LogP contribution in [0.4, 0.5) is 17.1 Å². The fourth-order valence-electron chi connectivity index (χ4n) is 6.75. The van der Waals surface area contributed by atoms with Crippen molar-refractivity contribution in [2.75, 3.05) is 4.90 Å². The highest BCUT2D eigenvalue weighted by molar-refractivity contribution is 6.25. The lowest BCUT2D eigenvalue weighted by Crippen LogP contribution is -2.10.